The minimum Gasteiger partial charge on any atom is -0.367 e. The van der Waals surface area contributed by atoms with Gasteiger partial charge in [0.2, 0.25) is 0 Å². The summed E-state index contributed by atoms with van der Waals surface area (Å²) >= 11 is 0. The number of benzene rings is 1. The molecule has 2 N–H and O–H groups in total. The maximum Gasteiger partial charge on any atom is 0.153 e. The number of H-pyrrole nitrogens is 1. The number of anilines is 1. The van der Waals surface area contributed by atoms with E-state index in [1.807, 2.05) is 12.1 Å². The third-order valence-corrected chi connectivity index (χ3v) is 4.46. The number of likely N-dealkylation sites (tertiary alicyclic amines) is 1. The Bertz CT molecular complexity index is 773. The Morgan fingerprint density at radius 2 is 1.95 bits per heavy atom. The molecule has 5 heteroatoms. The summed E-state index contributed by atoms with van der Waals surface area (Å²) in [5, 5.41) is 4.62. The van der Waals surface area contributed by atoms with Crippen molar-refractivity contribution < 1.29 is 0 Å². The van der Waals surface area contributed by atoms with Crippen molar-refractivity contribution in [3.63, 3.8) is 0 Å². The molecule has 1 saturated heterocycles. The van der Waals surface area contributed by atoms with Gasteiger partial charge in [-0.3, -0.25) is 0 Å². The Balaban J connectivity index is 1.53. The van der Waals surface area contributed by atoms with E-state index in [0.717, 1.165) is 40.8 Å². The van der Waals surface area contributed by atoms with Crippen LogP contribution in [0.5, 0.6) is 0 Å². The number of hydrogen-bond donors (Lipinski definition) is 2. The first-order chi connectivity index (χ1) is 10.9. The zero-order valence-corrected chi connectivity index (χ0v) is 12.7. The molecule has 0 amide bonds. The van der Waals surface area contributed by atoms with Crippen molar-refractivity contribution in [2.45, 2.75) is 19.3 Å². The van der Waals surface area contributed by atoms with E-state index in [-0.39, 0.29) is 0 Å². The number of fused-ring (bicyclic) bond motifs is 3. The average Bonchev–Trinajstić information content (AvgIpc) is 2.96. The van der Waals surface area contributed by atoms with Crippen LogP contribution >= 0.6 is 0 Å². The normalized spacial score (nSPS) is 16.4. The van der Waals surface area contributed by atoms with Crippen LogP contribution in [0.25, 0.3) is 21.9 Å². The summed E-state index contributed by atoms with van der Waals surface area (Å²) in [6, 6.07) is 8.25. The van der Waals surface area contributed by atoms with Gasteiger partial charge in [0, 0.05) is 24.0 Å². The lowest BCUT2D eigenvalue weighted by Gasteiger charge is -2.26. The van der Waals surface area contributed by atoms with Gasteiger partial charge in [-0.2, -0.15) is 0 Å². The Hall–Kier alpha value is -2.14. The van der Waals surface area contributed by atoms with Crippen molar-refractivity contribution >= 4 is 27.8 Å². The number of aromatic amines is 1. The summed E-state index contributed by atoms with van der Waals surface area (Å²) in [5.74, 6) is 0.901. The molecule has 1 aliphatic rings. The Kier molecular flexibility index (Phi) is 3.64. The molecule has 5 nitrogen and oxygen atoms in total. The minimum absolute atomic E-state index is 0.901. The van der Waals surface area contributed by atoms with Crippen LogP contribution in [-0.2, 0) is 0 Å². The van der Waals surface area contributed by atoms with Gasteiger partial charge in [-0.25, -0.2) is 9.97 Å². The molecule has 0 spiro atoms. The molecule has 1 aromatic carbocycles. The molecule has 0 atom stereocenters. The second-order valence-electron chi connectivity index (χ2n) is 5.95. The molecule has 0 aliphatic carbocycles. The van der Waals surface area contributed by atoms with Gasteiger partial charge in [0.15, 0.2) is 5.82 Å². The third kappa shape index (κ3) is 2.52. The minimum atomic E-state index is 0.901. The van der Waals surface area contributed by atoms with Gasteiger partial charge in [0.1, 0.15) is 17.4 Å². The van der Waals surface area contributed by atoms with Gasteiger partial charge in [-0.1, -0.05) is 24.6 Å². The highest BCUT2D eigenvalue weighted by Crippen LogP contribution is 2.26. The molecule has 0 saturated carbocycles. The van der Waals surface area contributed by atoms with Gasteiger partial charge in [0.05, 0.1) is 0 Å². The molecule has 22 heavy (non-hydrogen) atoms. The van der Waals surface area contributed by atoms with Crippen LogP contribution in [0, 0.1) is 0 Å². The van der Waals surface area contributed by atoms with Gasteiger partial charge in [-0.05, 0) is 32.0 Å². The van der Waals surface area contributed by atoms with E-state index in [0.29, 0.717) is 0 Å². The molecular weight excluding hydrogens is 274 g/mol. The van der Waals surface area contributed by atoms with Crippen molar-refractivity contribution in [3.05, 3.63) is 30.6 Å². The molecular formula is C17H21N5. The monoisotopic (exact) mass is 295 g/mol. The topological polar surface area (TPSA) is 56.8 Å². The van der Waals surface area contributed by atoms with E-state index >= 15 is 0 Å². The number of para-hydroxylation sites is 1. The molecule has 4 rings (SSSR count). The number of hydrogen-bond acceptors (Lipinski definition) is 4. The molecule has 2 aromatic heterocycles. The van der Waals surface area contributed by atoms with Crippen molar-refractivity contribution in [3.8, 4) is 0 Å². The van der Waals surface area contributed by atoms with Crippen molar-refractivity contribution in [1.29, 1.82) is 0 Å². The fourth-order valence-corrected chi connectivity index (χ4v) is 3.29. The smallest absolute Gasteiger partial charge is 0.153 e. The second-order valence-corrected chi connectivity index (χ2v) is 5.95. The fourth-order valence-electron chi connectivity index (χ4n) is 3.29. The summed E-state index contributed by atoms with van der Waals surface area (Å²) in [4.78, 5) is 14.8. The highest BCUT2D eigenvalue weighted by molar-refractivity contribution is 6.07. The predicted molar refractivity (Wildman–Crippen MR) is 90.2 cm³/mol. The molecule has 0 bridgehead atoms. The zero-order chi connectivity index (χ0) is 14.8. The summed E-state index contributed by atoms with van der Waals surface area (Å²) in [5.41, 5.74) is 3.10. The molecule has 0 unspecified atom stereocenters. The quantitative estimate of drug-likeness (QED) is 0.777. The molecule has 1 fully saturated rings. The number of piperidine rings is 1. The lowest BCUT2D eigenvalue weighted by atomic mass is 10.1. The van der Waals surface area contributed by atoms with Gasteiger partial charge in [-0.15, -0.1) is 0 Å². The van der Waals surface area contributed by atoms with Gasteiger partial charge < -0.3 is 15.2 Å². The van der Waals surface area contributed by atoms with Crippen molar-refractivity contribution in [2.75, 3.05) is 31.5 Å². The highest BCUT2D eigenvalue weighted by atomic mass is 15.1. The summed E-state index contributed by atoms with van der Waals surface area (Å²) in [6.07, 6.45) is 5.69. The van der Waals surface area contributed by atoms with E-state index < -0.39 is 0 Å². The number of nitrogens with one attached hydrogen (secondary N) is 2. The Labute approximate surface area is 129 Å². The van der Waals surface area contributed by atoms with Crippen LogP contribution in [0.1, 0.15) is 19.3 Å². The number of rotatable bonds is 4. The van der Waals surface area contributed by atoms with E-state index in [9.17, 15) is 0 Å². The maximum atomic E-state index is 4.44. The van der Waals surface area contributed by atoms with Crippen LogP contribution in [-0.4, -0.2) is 46.0 Å². The summed E-state index contributed by atoms with van der Waals surface area (Å²) in [6.45, 7) is 4.45. The van der Waals surface area contributed by atoms with Crippen LogP contribution in [0.15, 0.2) is 30.6 Å². The standard InChI is InChI=1S/C17H21N5/c1-4-9-22(10-5-1)11-8-18-17-16-15(19-12-20-17)13-6-2-3-7-14(13)21-16/h2-3,6-7,12,21H,1,4-5,8-11H2,(H,18,19,20). The van der Waals surface area contributed by atoms with Crippen LogP contribution in [0.3, 0.4) is 0 Å². The Morgan fingerprint density at radius 3 is 2.86 bits per heavy atom. The SMILES string of the molecule is c1ccc2c(c1)[nH]c1c(NCCN3CCCCC3)ncnc12. The third-order valence-electron chi connectivity index (χ3n) is 4.46. The largest absolute Gasteiger partial charge is 0.367 e. The van der Waals surface area contributed by atoms with Crippen LogP contribution in [0.2, 0.25) is 0 Å². The lowest BCUT2D eigenvalue weighted by molar-refractivity contribution is 0.237. The first kappa shape index (κ1) is 13.5. The summed E-state index contributed by atoms with van der Waals surface area (Å²) < 4.78 is 0. The van der Waals surface area contributed by atoms with Gasteiger partial charge >= 0.3 is 0 Å². The van der Waals surface area contributed by atoms with Crippen LogP contribution in [0.4, 0.5) is 5.82 Å². The number of aromatic nitrogens is 3. The van der Waals surface area contributed by atoms with Crippen molar-refractivity contribution in [1.82, 2.24) is 19.9 Å². The first-order valence-electron chi connectivity index (χ1n) is 8.09. The van der Waals surface area contributed by atoms with E-state index in [1.165, 1.54) is 32.4 Å². The molecule has 114 valence electrons. The first-order valence-corrected chi connectivity index (χ1v) is 8.09. The van der Waals surface area contributed by atoms with Crippen LogP contribution < -0.4 is 5.32 Å². The zero-order valence-electron chi connectivity index (χ0n) is 12.7. The molecule has 3 aromatic rings. The fraction of sp³-hybridized carbons (Fsp3) is 0.412. The highest BCUT2D eigenvalue weighted by Gasteiger charge is 2.12. The van der Waals surface area contributed by atoms with E-state index in [1.54, 1.807) is 6.33 Å². The van der Waals surface area contributed by atoms with Gasteiger partial charge in [0.25, 0.3) is 0 Å². The maximum absolute atomic E-state index is 4.44. The second kappa shape index (κ2) is 5.93. The Morgan fingerprint density at radius 1 is 1.09 bits per heavy atom. The molecule has 3 heterocycles. The molecule has 1 aliphatic heterocycles. The predicted octanol–water partition coefficient (Wildman–Crippen LogP) is 3.01. The molecule has 0 radical (unpaired) electrons. The number of nitrogens with zero attached hydrogens (tertiary/aromatic N) is 3. The van der Waals surface area contributed by atoms with E-state index in [4.69, 9.17) is 0 Å². The average molecular weight is 295 g/mol. The van der Waals surface area contributed by atoms with E-state index in [2.05, 4.69) is 37.3 Å². The summed E-state index contributed by atoms with van der Waals surface area (Å²) in [7, 11) is 0. The lowest BCUT2D eigenvalue weighted by Crippen LogP contribution is -2.33. The van der Waals surface area contributed by atoms with Crippen molar-refractivity contribution in [2.24, 2.45) is 0 Å².